The van der Waals surface area contributed by atoms with E-state index < -0.39 is 0 Å². The Bertz CT molecular complexity index is 84.5. The van der Waals surface area contributed by atoms with Crippen molar-refractivity contribution in [1.82, 2.24) is 0 Å². The summed E-state index contributed by atoms with van der Waals surface area (Å²) in [6.07, 6.45) is 2.56. The molecule has 8 heavy (non-hydrogen) atoms. The van der Waals surface area contributed by atoms with Crippen LogP contribution in [0.5, 0.6) is 0 Å². The maximum Gasteiger partial charge on any atom is 0.0278 e. The molecule has 0 amide bonds. The van der Waals surface area contributed by atoms with E-state index in [2.05, 4.69) is 0 Å². The molecule has 2 nitrogen and oxygen atoms in total. The quantitative estimate of drug-likeness (QED) is 0.534. The second-order valence-corrected chi connectivity index (χ2v) is 2.98. The van der Waals surface area contributed by atoms with Crippen LogP contribution >= 0.6 is 0 Å². The lowest BCUT2D eigenvalue weighted by Gasteiger charge is -2.20. The molecule has 48 valence electrons. The molecular weight excluding hydrogens is 100 g/mol. The third-order valence-electron chi connectivity index (χ3n) is 1.95. The van der Waals surface area contributed by atoms with Crippen molar-refractivity contribution in [2.75, 3.05) is 6.54 Å². The van der Waals surface area contributed by atoms with Gasteiger partial charge in [0, 0.05) is 12.1 Å². The molecule has 0 unspecified atom stereocenters. The summed E-state index contributed by atoms with van der Waals surface area (Å²) >= 11 is 0. The van der Waals surface area contributed by atoms with Crippen molar-refractivity contribution >= 4 is 0 Å². The number of hydrogen-bond donors (Lipinski definition) is 2. The van der Waals surface area contributed by atoms with E-state index in [4.69, 9.17) is 11.5 Å². The molecule has 1 rings (SSSR count). The zero-order valence-corrected chi connectivity index (χ0v) is 5.35. The first-order valence-electron chi connectivity index (χ1n) is 3.16. The highest BCUT2D eigenvalue weighted by Gasteiger charge is 2.36. The van der Waals surface area contributed by atoms with Gasteiger partial charge in [-0.1, -0.05) is 0 Å². The fourth-order valence-electron chi connectivity index (χ4n) is 0.909. The summed E-state index contributed by atoms with van der Waals surface area (Å²) in [5.74, 6) is 0.715. The summed E-state index contributed by atoms with van der Waals surface area (Å²) in [5, 5.41) is 0. The molecule has 1 aliphatic rings. The average molecular weight is 114 g/mol. The third-order valence-corrected chi connectivity index (χ3v) is 1.95. The van der Waals surface area contributed by atoms with Gasteiger partial charge < -0.3 is 11.5 Å². The Morgan fingerprint density at radius 3 is 2.25 bits per heavy atom. The van der Waals surface area contributed by atoms with Gasteiger partial charge in [-0.2, -0.15) is 0 Å². The predicted octanol–water partition coefficient (Wildman–Crippen LogP) is 0.0725. The van der Waals surface area contributed by atoms with E-state index in [0.717, 1.165) is 0 Å². The highest BCUT2D eigenvalue weighted by atomic mass is 14.8. The van der Waals surface area contributed by atoms with Gasteiger partial charge in [0.25, 0.3) is 0 Å². The number of hydrogen-bond acceptors (Lipinski definition) is 2. The van der Waals surface area contributed by atoms with Crippen LogP contribution < -0.4 is 11.5 Å². The van der Waals surface area contributed by atoms with Crippen LogP contribution in [0, 0.1) is 5.92 Å². The molecule has 0 aliphatic heterocycles. The topological polar surface area (TPSA) is 52.0 Å². The van der Waals surface area contributed by atoms with Crippen molar-refractivity contribution in [1.29, 1.82) is 0 Å². The van der Waals surface area contributed by atoms with Gasteiger partial charge in [0.15, 0.2) is 0 Å². The van der Waals surface area contributed by atoms with Crippen LogP contribution in [-0.2, 0) is 0 Å². The first kappa shape index (κ1) is 6.05. The summed E-state index contributed by atoms with van der Waals surface area (Å²) in [4.78, 5) is 0. The molecule has 1 saturated carbocycles. The van der Waals surface area contributed by atoms with Crippen molar-refractivity contribution in [3.05, 3.63) is 0 Å². The van der Waals surface area contributed by atoms with E-state index in [1.165, 1.54) is 12.8 Å². The SMILES string of the molecule is C[C@](N)(CN)C1CC1. The molecule has 0 heterocycles. The van der Waals surface area contributed by atoms with Crippen molar-refractivity contribution in [3.8, 4) is 0 Å². The van der Waals surface area contributed by atoms with Gasteiger partial charge in [-0.05, 0) is 25.7 Å². The fourth-order valence-corrected chi connectivity index (χ4v) is 0.909. The molecule has 1 fully saturated rings. The molecule has 0 bridgehead atoms. The molecule has 0 saturated heterocycles. The van der Waals surface area contributed by atoms with Gasteiger partial charge in [0.1, 0.15) is 0 Å². The number of rotatable bonds is 2. The summed E-state index contributed by atoms with van der Waals surface area (Å²) in [5.41, 5.74) is 11.1. The van der Waals surface area contributed by atoms with Gasteiger partial charge in [-0.25, -0.2) is 0 Å². The minimum atomic E-state index is -0.0694. The minimum absolute atomic E-state index is 0.0694. The van der Waals surface area contributed by atoms with Crippen molar-refractivity contribution in [2.24, 2.45) is 17.4 Å². The van der Waals surface area contributed by atoms with Crippen molar-refractivity contribution in [3.63, 3.8) is 0 Å². The average Bonchev–Trinajstić information content (AvgIpc) is 2.44. The standard InChI is InChI=1S/C6H14N2/c1-6(8,4-7)5-2-3-5/h5H,2-4,7-8H2,1H3/t6-/m0/s1. The third kappa shape index (κ3) is 1.01. The minimum Gasteiger partial charge on any atom is -0.329 e. The Kier molecular flexibility index (Phi) is 1.29. The van der Waals surface area contributed by atoms with E-state index in [1.54, 1.807) is 0 Å². The molecule has 1 atom stereocenters. The Labute approximate surface area is 50.2 Å². The first-order chi connectivity index (χ1) is 3.67. The maximum absolute atomic E-state index is 5.80. The molecule has 0 aromatic heterocycles. The van der Waals surface area contributed by atoms with Crippen LogP contribution in [0.1, 0.15) is 19.8 Å². The molecule has 0 radical (unpaired) electrons. The molecule has 2 heteroatoms. The smallest absolute Gasteiger partial charge is 0.0278 e. The Hall–Kier alpha value is -0.0800. The predicted molar refractivity (Wildman–Crippen MR) is 34.4 cm³/mol. The molecule has 0 aromatic rings. The zero-order chi connectivity index (χ0) is 6.20. The summed E-state index contributed by atoms with van der Waals surface area (Å²) in [6, 6.07) is 0. The van der Waals surface area contributed by atoms with Gasteiger partial charge in [-0.3, -0.25) is 0 Å². The Morgan fingerprint density at radius 1 is 1.62 bits per heavy atom. The zero-order valence-electron chi connectivity index (χ0n) is 5.35. The number of nitrogens with two attached hydrogens (primary N) is 2. The van der Waals surface area contributed by atoms with Crippen LogP contribution in [0.3, 0.4) is 0 Å². The van der Waals surface area contributed by atoms with E-state index in [0.29, 0.717) is 12.5 Å². The first-order valence-corrected chi connectivity index (χ1v) is 3.16. The summed E-state index contributed by atoms with van der Waals surface area (Å²) in [6.45, 7) is 2.66. The maximum atomic E-state index is 5.80. The normalized spacial score (nSPS) is 27.4. The van der Waals surface area contributed by atoms with E-state index in [-0.39, 0.29) is 5.54 Å². The van der Waals surface area contributed by atoms with Crippen molar-refractivity contribution < 1.29 is 0 Å². The molecule has 1 aliphatic carbocycles. The lowest BCUT2D eigenvalue weighted by Crippen LogP contribution is -2.45. The van der Waals surface area contributed by atoms with Crippen LogP contribution in [0.2, 0.25) is 0 Å². The van der Waals surface area contributed by atoms with E-state index >= 15 is 0 Å². The van der Waals surface area contributed by atoms with Gasteiger partial charge in [0.2, 0.25) is 0 Å². The molecule has 0 aromatic carbocycles. The molecular formula is C6H14N2. The summed E-state index contributed by atoms with van der Waals surface area (Å²) in [7, 11) is 0. The lowest BCUT2D eigenvalue weighted by atomic mass is 9.98. The highest BCUT2D eigenvalue weighted by molar-refractivity contribution is 4.95. The monoisotopic (exact) mass is 114 g/mol. The van der Waals surface area contributed by atoms with E-state index in [1.807, 2.05) is 6.92 Å². The van der Waals surface area contributed by atoms with Gasteiger partial charge in [0.05, 0.1) is 0 Å². The summed E-state index contributed by atoms with van der Waals surface area (Å²) < 4.78 is 0. The second-order valence-electron chi connectivity index (χ2n) is 2.98. The van der Waals surface area contributed by atoms with Crippen molar-refractivity contribution in [2.45, 2.75) is 25.3 Å². The fraction of sp³-hybridized carbons (Fsp3) is 1.00. The molecule has 4 N–H and O–H groups in total. The largest absolute Gasteiger partial charge is 0.329 e. The Morgan fingerprint density at radius 2 is 2.12 bits per heavy atom. The Balaban J connectivity index is 2.37. The highest BCUT2D eigenvalue weighted by Crippen LogP contribution is 2.37. The van der Waals surface area contributed by atoms with Crippen LogP contribution in [-0.4, -0.2) is 12.1 Å². The second kappa shape index (κ2) is 1.71. The van der Waals surface area contributed by atoms with Gasteiger partial charge in [-0.15, -0.1) is 0 Å². The van der Waals surface area contributed by atoms with Crippen LogP contribution in [0.25, 0.3) is 0 Å². The van der Waals surface area contributed by atoms with Crippen LogP contribution in [0.15, 0.2) is 0 Å². The van der Waals surface area contributed by atoms with Gasteiger partial charge >= 0.3 is 0 Å². The lowest BCUT2D eigenvalue weighted by molar-refractivity contribution is 0.420. The van der Waals surface area contributed by atoms with Crippen LogP contribution in [0.4, 0.5) is 0 Å². The molecule has 0 spiro atoms. The van der Waals surface area contributed by atoms with E-state index in [9.17, 15) is 0 Å².